The van der Waals surface area contributed by atoms with E-state index in [1.165, 1.54) is 48.9 Å². The van der Waals surface area contributed by atoms with E-state index in [1.54, 1.807) is 0 Å². The van der Waals surface area contributed by atoms with Crippen LogP contribution in [0.3, 0.4) is 0 Å². The second-order valence-electron chi connectivity index (χ2n) is 12.2. The number of ketones is 1. The van der Waals surface area contributed by atoms with Gasteiger partial charge in [0.05, 0.1) is 31.3 Å². The molecule has 3 aromatic rings. The Morgan fingerprint density at radius 1 is 0.980 bits per heavy atom. The number of carbonyl (C=O) groups excluding carboxylic acids is 2. The first-order valence-corrected chi connectivity index (χ1v) is 16.0. The molecule has 282 valence electrons. The lowest BCUT2D eigenvalue weighted by Crippen LogP contribution is -2.49. The van der Waals surface area contributed by atoms with Crippen molar-refractivity contribution in [2.75, 3.05) is 39.9 Å². The Bertz CT molecular complexity index is 1640. The number of rotatable bonds is 10. The van der Waals surface area contributed by atoms with E-state index in [0.717, 1.165) is 24.1 Å². The minimum absolute atomic E-state index is 0.0694. The van der Waals surface area contributed by atoms with Crippen molar-refractivity contribution in [3.8, 4) is 11.1 Å². The molecule has 1 saturated heterocycles. The summed E-state index contributed by atoms with van der Waals surface area (Å²) in [6.45, 7) is 10.4. The molecule has 1 aliphatic rings. The number of amides is 1. The van der Waals surface area contributed by atoms with E-state index < -0.39 is 53.5 Å². The van der Waals surface area contributed by atoms with E-state index in [4.69, 9.17) is 10.8 Å². The lowest BCUT2D eigenvalue weighted by molar-refractivity contribution is -0.138. The quantitative estimate of drug-likeness (QED) is 0.167. The second kappa shape index (κ2) is 21.0. The van der Waals surface area contributed by atoms with E-state index in [2.05, 4.69) is 26.1 Å². The van der Waals surface area contributed by atoms with Crippen LogP contribution >= 0.6 is 0 Å². The number of nitrogens with zero attached hydrogens (tertiary/aromatic N) is 2. The van der Waals surface area contributed by atoms with Crippen molar-refractivity contribution in [2.45, 2.75) is 59.9 Å². The minimum atomic E-state index is -4.52. The summed E-state index contributed by atoms with van der Waals surface area (Å²) in [4.78, 5) is 49.5. The first kappa shape index (κ1) is 44.5. The molecule has 2 aromatic carbocycles. The number of hydrogen-bond acceptors (Lipinski definition) is 6. The fourth-order valence-electron chi connectivity index (χ4n) is 4.78. The van der Waals surface area contributed by atoms with Crippen LogP contribution in [-0.4, -0.2) is 78.3 Å². The fraction of sp³-hybridized carbons (Fsp3) is 0.444. The van der Waals surface area contributed by atoms with Crippen LogP contribution in [0.4, 0.5) is 26.3 Å². The first-order valence-electron chi connectivity index (χ1n) is 16.0. The molecule has 2 heterocycles. The molecule has 0 spiro atoms. The van der Waals surface area contributed by atoms with Gasteiger partial charge in [-0.25, -0.2) is 8.78 Å². The van der Waals surface area contributed by atoms with Crippen molar-refractivity contribution in [2.24, 2.45) is 11.7 Å². The number of nitrogens with two attached hydrogens (primary N) is 1. The molecule has 1 aliphatic heterocycles. The van der Waals surface area contributed by atoms with Gasteiger partial charge < -0.3 is 20.7 Å². The van der Waals surface area contributed by atoms with E-state index in [1.807, 2.05) is 4.90 Å². The molecule has 0 bridgehead atoms. The number of carboxylic acid groups (broad SMARTS) is 1. The molecular weight excluding hydrogens is 682 g/mol. The molecule has 15 heteroatoms. The van der Waals surface area contributed by atoms with Gasteiger partial charge in [-0.2, -0.15) is 13.2 Å². The molecule has 0 saturated carbocycles. The van der Waals surface area contributed by atoms with Crippen LogP contribution in [0, 0.1) is 25.6 Å². The van der Waals surface area contributed by atoms with Crippen molar-refractivity contribution in [1.29, 1.82) is 0 Å². The van der Waals surface area contributed by atoms with Crippen LogP contribution in [0.25, 0.3) is 11.1 Å². The standard InChI is InChI=1S/C28H26F5N3O3.C4H10.C3H7NO2.CH3F/c1-16-10-19(28(31,32)33)11-17(2)25(16)18-5-6-23(30)22(12-18)24(37)13-34-26(38)21-4-3-7-36(27(21)39)9-8-35-14-20(29)15-35;1-4(2)3;4-2-1-3(5)6;1-2/h3-7,10-12,20H,8-9,13-15H2,1-2H3,(H,34,38);4H,1-3H3;1-2,4H2,(H,5,6);1H3. The number of aliphatic carboxylic acids is 1. The first-order chi connectivity index (χ1) is 23.8. The molecule has 0 atom stereocenters. The molecule has 0 radical (unpaired) electrons. The number of nitrogens with one attached hydrogen (secondary N) is 1. The second-order valence-corrected chi connectivity index (χ2v) is 12.2. The van der Waals surface area contributed by atoms with Gasteiger partial charge in [0.25, 0.3) is 11.5 Å². The van der Waals surface area contributed by atoms with Gasteiger partial charge in [0.2, 0.25) is 0 Å². The lowest BCUT2D eigenvalue weighted by Gasteiger charge is -2.34. The zero-order chi connectivity index (χ0) is 39.1. The summed E-state index contributed by atoms with van der Waals surface area (Å²) in [6, 6.07) is 8.43. The van der Waals surface area contributed by atoms with Gasteiger partial charge in [-0.1, -0.05) is 26.8 Å². The van der Waals surface area contributed by atoms with Gasteiger partial charge >= 0.3 is 12.1 Å². The Hall–Kier alpha value is -4.50. The maximum atomic E-state index is 14.6. The maximum absolute atomic E-state index is 14.6. The largest absolute Gasteiger partial charge is 0.481 e. The number of aryl methyl sites for hydroxylation is 2. The van der Waals surface area contributed by atoms with Gasteiger partial charge in [-0.05, 0) is 78.4 Å². The molecule has 9 nitrogen and oxygen atoms in total. The number of halogens is 6. The third kappa shape index (κ3) is 14.3. The topological polar surface area (TPSA) is 135 Å². The maximum Gasteiger partial charge on any atom is 0.416 e. The number of pyridine rings is 1. The molecule has 0 unspecified atom stereocenters. The van der Waals surface area contributed by atoms with E-state index in [0.29, 0.717) is 49.1 Å². The van der Waals surface area contributed by atoms with E-state index in [9.17, 15) is 45.5 Å². The van der Waals surface area contributed by atoms with Gasteiger partial charge in [0.1, 0.15) is 17.6 Å². The summed E-state index contributed by atoms with van der Waals surface area (Å²) < 4.78 is 77.9. The third-order valence-corrected chi connectivity index (χ3v) is 7.02. The monoisotopic (exact) mass is 728 g/mol. The number of hydrogen-bond donors (Lipinski definition) is 3. The molecule has 1 fully saturated rings. The van der Waals surface area contributed by atoms with E-state index in [-0.39, 0.29) is 30.6 Å². The number of carbonyl (C=O) groups is 3. The highest BCUT2D eigenvalue weighted by Crippen LogP contribution is 2.36. The van der Waals surface area contributed by atoms with Crippen LogP contribution < -0.4 is 16.6 Å². The zero-order valence-electron chi connectivity index (χ0n) is 29.5. The Labute approximate surface area is 293 Å². The van der Waals surface area contributed by atoms with Gasteiger partial charge in [-0.3, -0.25) is 28.5 Å². The summed E-state index contributed by atoms with van der Waals surface area (Å²) in [5.74, 6) is -2.46. The Morgan fingerprint density at radius 2 is 1.55 bits per heavy atom. The molecular formula is C36H46F6N4O5. The van der Waals surface area contributed by atoms with Crippen LogP contribution in [0.15, 0.2) is 53.5 Å². The summed E-state index contributed by atoms with van der Waals surface area (Å²) in [7, 11) is 0.500. The van der Waals surface area contributed by atoms with Crippen LogP contribution in [0.5, 0.6) is 0 Å². The minimum Gasteiger partial charge on any atom is -0.481 e. The van der Waals surface area contributed by atoms with Crippen molar-refractivity contribution in [3.63, 3.8) is 0 Å². The molecule has 0 aliphatic carbocycles. The summed E-state index contributed by atoms with van der Waals surface area (Å²) >= 11 is 0. The molecule has 4 N–H and O–H groups in total. The van der Waals surface area contributed by atoms with Crippen LogP contribution in [-0.2, 0) is 17.5 Å². The lowest BCUT2D eigenvalue weighted by atomic mass is 9.92. The smallest absolute Gasteiger partial charge is 0.416 e. The highest BCUT2D eigenvalue weighted by molar-refractivity contribution is 6.03. The number of aromatic nitrogens is 1. The zero-order valence-corrected chi connectivity index (χ0v) is 29.5. The summed E-state index contributed by atoms with van der Waals surface area (Å²) in [6.07, 6.45) is -3.82. The summed E-state index contributed by atoms with van der Waals surface area (Å²) in [5, 5.41) is 10.2. The number of carboxylic acids is 1. The average molecular weight is 729 g/mol. The third-order valence-electron chi connectivity index (χ3n) is 7.02. The Kier molecular flexibility index (Phi) is 18.3. The Morgan fingerprint density at radius 3 is 2.02 bits per heavy atom. The highest BCUT2D eigenvalue weighted by Gasteiger charge is 2.31. The van der Waals surface area contributed by atoms with Gasteiger partial charge in [0.15, 0.2) is 5.78 Å². The SMILES string of the molecule is CC(C)C.CF.Cc1cc(C(F)(F)F)cc(C)c1-c1ccc(F)c(C(=O)CNC(=O)c2cccn(CCN3CC(F)C3)c2=O)c1.NCCC(=O)O. The molecule has 1 amide bonds. The van der Waals surface area contributed by atoms with Crippen LogP contribution in [0.2, 0.25) is 0 Å². The molecule has 4 rings (SSSR count). The predicted octanol–water partition coefficient (Wildman–Crippen LogP) is 6.22. The van der Waals surface area contributed by atoms with Crippen molar-refractivity contribution in [1.82, 2.24) is 14.8 Å². The molecule has 51 heavy (non-hydrogen) atoms. The summed E-state index contributed by atoms with van der Waals surface area (Å²) in [5.41, 5.74) is 4.30. The van der Waals surface area contributed by atoms with Gasteiger partial charge in [0, 0.05) is 38.9 Å². The normalized spacial score (nSPS) is 12.7. The van der Waals surface area contributed by atoms with Crippen molar-refractivity contribution >= 4 is 17.7 Å². The highest BCUT2D eigenvalue weighted by atomic mass is 19.4. The van der Waals surface area contributed by atoms with Crippen molar-refractivity contribution in [3.05, 3.63) is 92.6 Å². The number of benzene rings is 2. The molecule has 1 aromatic heterocycles. The van der Waals surface area contributed by atoms with E-state index >= 15 is 0 Å². The average Bonchev–Trinajstić information content (AvgIpc) is 3.02. The fourth-order valence-corrected chi connectivity index (χ4v) is 4.78. The number of Topliss-reactive ketones (excluding diaryl/α,β-unsaturated/α-hetero) is 1. The van der Waals surface area contributed by atoms with Gasteiger partial charge in [-0.15, -0.1) is 0 Å². The van der Waals surface area contributed by atoms with Crippen LogP contribution in [0.1, 0.15) is 64.6 Å². The van der Waals surface area contributed by atoms with Crippen molar-refractivity contribution < 1.29 is 45.8 Å². The predicted molar refractivity (Wildman–Crippen MR) is 184 cm³/mol. The number of likely N-dealkylation sites (tertiary alicyclic amines) is 1. The Balaban J connectivity index is 0.000000942. The number of alkyl halides is 5.